The molecule has 0 radical (unpaired) electrons. The third kappa shape index (κ3) is 0.961. The summed E-state index contributed by atoms with van der Waals surface area (Å²) in [6.07, 6.45) is 7.20. The van der Waals surface area contributed by atoms with Gasteiger partial charge < -0.3 is 10.6 Å². The Hall–Kier alpha value is 0.270. The molecule has 78 valence electrons. The number of fused-ring (bicyclic) bond motifs is 4. The monoisotopic (exact) mass is 210 g/mol. The summed E-state index contributed by atoms with van der Waals surface area (Å²) in [5.41, 5.74) is 0.544. The van der Waals surface area contributed by atoms with Gasteiger partial charge in [0.1, 0.15) is 0 Å². The van der Waals surface area contributed by atoms with Gasteiger partial charge in [-0.15, -0.1) is 0 Å². The summed E-state index contributed by atoms with van der Waals surface area (Å²) >= 11 is 2.28. The summed E-state index contributed by atoms with van der Waals surface area (Å²) in [7, 11) is 0. The molecule has 0 aliphatic carbocycles. The van der Waals surface area contributed by atoms with Crippen molar-refractivity contribution in [3.05, 3.63) is 0 Å². The normalized spacial score (nSPS) is 60.0. The highest BCUT2D eigenvalue weighted by molar-refractivity contribution is 8.01. The van der Waals surface area contributed by atoms with E-state index < -0.39 is 0 Å². The van der Waals surface area contributed by atoms with Crippen LogP contribution in [0.5, 0.6) is 0 Å². The molecular weight excluding hydrogens is 192 g/mol. The molecule has 4 fully saturated rings. The molecule has 4 heterocycles. The fourth-order valence-corrected chi connectivity index (χ4v) is 5.97. The number of hydrogen-bond acceptors (Lipinski definition) is 3. The molecule has 14 heavy (non-hydrogen) atoms. The molecule has 4 saturated heterocycles. The molecule has 0 aromatic rings. The summed E-state index contributed by atoms with van der Waals surface area (Å²) in [6.45, 7) is 1.27. The molecule has 3 unspecified atom stereocenters. The first-order chi connectivity index (χ1) is 6.86. The van der Waals surface area contributed by atoms with Crippen molar-refractivity contribution in [3.8, 4) is 0 Å². The minimum Gasteiger partial charge on any atom is -0.312 e. The van der Waals surface area contributed by atoms with Crippen molar-refractivity contribution in [1.29, 1.82) is 0 Å². The molecule has 4 rings (SSSR count). The third-order valence-electron chi connectivity index (χ3n) is 4.74. The van der Waals surface area contributed by atoms with E-state index in [0.717, 1.165) is 22.6 Å². The lowest BCUT2D eigenvalue weighted by molar-refractivity contribution is 0.333. The van der Waals surface area contributed by atoms with E-state index in [1.807, 2.05) is 0 Å². The maximum atomic E-state index is 3.91. The maximum absolute atomic E-state index is 3.91. The Morgan fingerprint density at radius 2 is 2.07 bits per heavy atom. The topological polar surface area (TPSA) is 24.1 Å². The second kappa shape index (κ2) is 2.69. The van der Waals surface area contributed by atoms with E-state index in [1.165, 1.54) is 38.6 Å². The minimum absolute atomic E-state index is 0.544. The molecule has 4 bridgehead atoms. The van der Waals surface area contributed by atoms with Crippen molar-refractivity contribution >= 4 is 11.8 Å². The molecule has 0 aromatic carbocycles. The first-order valence-electron chi connectivity index (χ1n) is 6.02. The molecule has 4 aliphatic rings. The highest BCUT2D eigenvalue weighted by atomic mass is 32.2. The van der Waals surface area contributed by atoms with Crippen LogP contribution in [0.15, 0.2) is 0 Å². The van der Waals surface area contributed by atoms with Gasteiger partial charge in [0.2, 0.25) is 0 Å². The van der Waals surface area contributed by atoms with Crippen LogP contribution in [0.2, 0.25) is 0 Å². The fraction of sp³-hybridized carbons (Fsp3) is 1.00. The summed E-state index contributed by atoms with van der Waals surface area (Å²) in [5, 5.41) is 9.42. The largest absolute Gasteiger partial charge is 0.312 e. The second-order valence-corrected chi connectivity index (χ2v) is 6.95. The van der Waals surface area contributed by atoms with Crippen molar-refractivity contribution in [2.45, 2.75) is 60.2 Å². The van der Waals surface area contributed by atoms with Crippen LogP contribution in [0.25, 0.3) is 0 Å². The quantitative estimate of drug-likeness (QED) is 0.678. The van der Waals surface area contributed by atoms with Crippen LogP contribution in [0.1, 0.15) is 32.1 Å². The zero-order chi connectivity index (χ0) is 9.17. The van der Waals surface area contributed by atoms with Gasteiger partial charge >= 0.3 is 0 Å². The Bertz CT molecular complexity index is 260. The van der Waals surface area contributed by atoms with Crippen molar-refractivity contribution in [3.63, 3.8) is 0 Å². The molecule has 2 N–H and O–H groups in total. The average molecular weight is 210 g/mol. The summed E-state index contributed by atoms with van der Waals surface area (Å²) in [5.74, 6) is 0. The van der Waals surface area contributed by atoms with E-state index in [4.69, 9.17) is 0 Å². The zero-order valence-corrected chi connectivity index (χ0v) is 9.28. The molecule has 0 saturated carbocycles. The molecule has 3 atom stereocenters. The molecule has 4 aliphatic heterocycles. The van der Waals surface area contributed by atoms with Gasteiger partial charge in [-0.25, -0.2) is 0 Å². The SMILES string of the molecule is C1CC2(C3SC4CNC3C4)CCC1N2. The van der Waals surface area contributed by atoms with Crippen LogP contribution in [0, 0.1) is 0 Å². The van der Waals surface area contributed by atoms with Crippen molar-refractivity contribution in [2.75, 3.05) is 6.54 Å². The lowest BCUT2D eigenvalue weighted by Crippen LogP contribution is -2.54. The Balaban J connectivity index is 1.63. The number of hydrogen-bond donors (Lipinski definition) is 2. The lowest BCUT2D eigenvalue weighted by atomic mass is 9.82. The van der Waals surface area contributed by atoms with Crippen LogP contribution in [-0.4, -0.2) is 34.7 Å². The highest BCUT2D eigenvalue weighted by Crippen LogP contribution is 2.51. The molecular formula is C11H18N2S. The predicted molar refractivity (Wildman–Crippen MR) is 59.7 cm³/mol. The third-order valence-corrected chi connectivity index (χ3v) is 6.56. The molecule has 0 spiro atoms. The number of thioether (sulfide) groups is 1. The highest BCUT2D eigenvalue weighted by Gasteiger charge is 2.56. The van der Waals surface area contributed by atoms with E-state index in [0.29, 0.717) is 5.54 Å². The molecule has 0 amide bonds. The first-order valence-corrected chi connectivity index (χ1v) is 6.97. The lowest BCUT2D eigenvalue weighted by Gasteiger charge is -2.38. The van der Waals surface area contributed by atoms with Gasteiger partial charge in [-0.05, 0) is 32.1 Å². The number of nitrogens with one attached hydrogen (secondary N) is 2. The minimum atomic E-state index is 0.544. The van der Waals surface area contributed by atoms with Gasteiger partial charge in [0, 0.05) is 34.7 Å². The molecule has 0 aromatic heterocycles. The van der Waals surface area contributed by atoms with Gasteiger partial charge in [0.15, 0.2) is 0 Å². The standard InChI is InChI=1S/C11H18N2S/c1-3-11(4-2-7(1)13-11)10-9-5-8(14-10)6-12-9/h7-10,12-13H,1-6H2. The van der Waals surface area contributed by atoms with E-state index in [-0.39, 0.29) is 0 Å². The Labute approximate surface area is 89.6 Å². The molecule has 3 heteroatoms. The Kier molecular flexibility index (Phi) is 1.62. The van der Waals surface area contributed by atoms with Gasteiger partial charge in [-0.1, -0.05) is 0 Å². The first kappa shape index (κ1) is 8.43. The van der Waals surface area contributed by atoms with Crippen LogP contribution < -0.4 is 10.6 Å². The Morgan fingerprint density at radius 3 is 2.57 bits per heavy atom. The van der Waals surface area contributed by atoms with Gasteiger partial charge in [0.05, 0.1) is 0 Å². The second-order valence-electron chi connectivity index (χ2n) is 5.50. The van der Waals surface area contributed by atoms with Crippen molar-refractivity contribution < 1.29 is 0 Å². The van der Waals surface area contributed by atoms with Crippen LogP contribution in [0.4, 0.5) is 0 Å². The van der Waals surface area contributed by atoms with Crippen molar-refractivity contribution in [1.82, 2.24) is 10.6 Å². The summed E-state index contributed by atoms with van der Waals surface area (Å²) in [4.78, 5) is 0. The van der Waals surface area contributed by atoms with Gasteiger partial charge in [0.25, 0.3) is 0 Å². The summed E-state index contributed by atoms with van der Waals surface area (Å²) < 4.78 is 0. The van der Waals surface area contributed by atoms with Crippen LogP contribution in [-0.2, 0) is 0 Å². The predicted octanol–water partition coefficient (Wildman–Crippen LogP) is 1.12. The smallest absolute Gasteiger partial charge is 0.0386 e. The van der Waals surface area contributed by atoms with Gasteiger partial charge in [-0.2, -0.15) is 11.8 Å². The Morgan fingerprint density at radius 1 is 1.21 bits per heavy atom. The van der Waals surface area contributed by atoms with E-state index in [1.54, 1.807) is 0 Å². The van der Waals surface area contributed by atoms with Gasteiger partial charge in [-0.3, -0.25) is 0 Å². The summed E-state index contributed by atoms with van der Waals surface area (Å²) in [6, 6.07) is 1.70. The maximum Gasteiger partial charge on any atom is 0.0386 e. The molecule has 2 nitrogen and oxygen atoms in total. The van der Waals surface area contributed by atoms with E-state index in [9.17, 15) is 0 Å². The van der Waals surface area contributed by atoms with Crippen LogP contribution in [0.3, 0.4) is 0 Å². The van der Waals surface area contributed by atoms with Crippen molar-refractivity contribution in [2.24, 2.45) is 0 Å². The fourth-order valence-electron chi connectivity index (χ4n) is 4.08. The van der Waals surface area contributed by atoms with E-state index in [2.05, 4.69) is 22.4 Å². The number of rotatable bonds is 1. The average Bonchev–Trinajstić information content (AvgIpc) is 2.98. The van der Waals surface area contributed by atoms with E-state index >= 15 is 0 Å². The van der Waals surface area contributed by atoms with Crippen LogP contribution >= 0.6 is 11.8 Å². The zero-order valence-electron chi connectivity index (χ0n) is 8.46.